The molecule has 0 bridgehead atoms. The number of benzene rings is 2. The van der Waals surface area contributed by atoms with Crippen molar-refractivity contribution in [3.63, 3.8) is 0 Å². The maximum atomic E-state index is 11.7. The molecule has 0 fully saturated rings. The van der Waals surface area contributed by atoms with Gasteiger partial charge in [-0.3, -0.25) is 10.1 Å². The molecule has 0 radical (unpaired) electrons. The van der Waals surface area contributed by atoms with Gasteiger partial charge in [-0.15, -0.1) is 0 Å². The second-order valence-corrected chi connectivity index (χ2v) is 4.90. The van der Waals surface area contributed by atoms with Crippen LogP contribution in [0, 0.1) is 0 Å². The van der Waals surface area contributed by atoms with Gasteiger partial charge < -0.3 is 10.1 Å². The maximum Gasteiger partial charge on any atom is 0.264 e. The first-order chi connectivity index (χ1) is 10.1. The molecule has 0 saturated carbocycles. The average molecular weight is 321 g/mol. The number of anilines is 1. The molecule has 2 rings (SSSR count). The highest BCUT2D eigenvalue weighted by Crippen LogP contribution is 2.20. The Morgan fingerprint density at radius 2 is 1.76 bits per heavy atom. The molecule has 0 unspecified atom stereocenters. The molecule has 108 valence electrons. The van der Waals surface area contributed by atoms with Crippen LogP contribution in [0.4, 0.5) is 5.69 Å². The van der Waals surface area contributed by atoms with Gasteiger partial charge >= 0.3 is 0 Å². The second kappa shape index (κ2) is 7.61. The molecular formula is C15H13ClN2O2S. The summed E-state index contributed by atoms with van der Waals surface area (Å²) < 4.78 is 5.32. The molecule has 2 N–H and O–H groups in total. The third-order valence-corrected chi connectivity index (χ3v) is 3.02. The maximum absolute atomic E-state index is 11.7. The normalized spacial score (nSPS) is 9.76. The highest BCUT2D eigenvalue weighted by molar-refractivity contribution is 7.80. The van der Waals surface area contributed by atoms with Crippen molar-refractivity contribution < 1.29 is 9.53 Å². The van der Waals surface area contributed by atoms with Crippen molar-refractivity contribution in [2.45, 2.75) is 0 Å². The highest BCUT2D eigenvalue weighted by Gasteiger charge is 2.07. The number of hydrogen-bond acceptors (Lipinski definition) is 3. The Morgan fingerprint density at radius 3 is 2.48 bits per heavy atom. The first kappa shape index (κ1) is 15.3. The van der Waals surface area contributed by atoms with E-state index in [4.69, 9.17) is 28.6 Å². The molecule has 0 aliphatic rings. The van der Waals surface area contributed by atoms with Gasteiger partial charge in [-0.2, -0.15) is 0 Å². The minimum atomic E-state index is -0.344. The van der Waals surface area contributed by atoms with Crippen LogP contribution < -0.4 is 15.4 Å². The van der Waals surface area contributed by atoms with E-state index in [-0.39, 0.29) is 17.6 Å². The Labute approximate surface area is 133 Å². The van der Waals surface area contributed by atoms with Gasteiger partial charge in [0.2, 0.25) is 0 Å². The zero-order valence-corrected chi connectivity index (χ0v) is 12.6. The van der Waals surface area contributed by atoms with Gasteiger partial charge in [-0.1, -0.05) is 41.9 Å². The Bertz CT molecular complexity index is 635. The Morgan fingerprint density at radius 1 is 1.10 bits per heavy atom. The largest absolute Gasteiger partial charge is 0.484 e. The highest BCUT2D eigenvalue weighted by atomic mass is 35.5. The van der Waals surface area contributed by atoms with Crippen molar-refractivity contribution in [3.8, 4) is 5.75 Å². The fourth-order valence-corrected chi connectivity index (χ4v) is 1.95. The summed E-state index contributed by atoms with van der Waals surface area (Å²) in [6.07, 6.45) is 0. The van der Waals surface area contributed by atoms with Gasteiger partial charge in [0.1, 0.15) is 5.75 Å². The van der Waals surface area contributed by atoms with Gasteiger partial charge in [-0.05, 0) is 36.5 Å². The Balaban J connectivity index is 1.80. The van der Waals surface area contributed by atoms with Crippen LogP contribution in [0.2, 0.25) is 5.02 Å². The molecule has 6 heteroatoms. The molecule has 4 nitrogen and oxygen atoms in total. The molecule has 2 aromatic rings. The quantitative estimate of drug-likeness (QED) is 0.849. The van der Waals surface area contributed by atoms with Gasteiger partial charge in [0, 0.05) is 0 Å². The lowest BCUT2D eigenvalue weighted by molar-refractivity contribution is -0.121. The number of carbonyl (C=O) groups excluding carboxylic acids is 1. The van der Waals surface area contributed by atoms with Crippen molar-refractivity contribution in [2.24, 2.45) is 0 Å². The summed E-state index contributed by atoms with van der Waals surface area (Å²) >= 11 is 11.0. The van der Waals surface area contributed by atoms with E-state index < -0.39 is 0 Å². The minimum absolute atomic E-state index is 0.117. The van der Waals surface area contributed by atoms with Crippen LogP contribution in [0.5, 0.6) is 5.75 Å². The van der Waals surface area contributed by atoms with E-state index in [9.17, 15) is 4.79 Å². The number of hydrogen-bond donors (Lipinski definition) is 2. The zero-order chi connectivity index (χ0) is 15.1. The summed E-state index contributed by atoms with van der Waals surface area (Å²) in [5, 5.41) is 6.07. The lowest BCUT2D eigenvalue weighted by Crippen LogP contribution is -2.37. The van der Waals surface area contributed by atoms with E-state index >= 15 is 0 Å². The summed E-state index contributed by atoms with van der Waals surface area (Å²) in [5.41, 5.74) is 0.633. The summed E-state index contributed by atoms with van der Waals surface area (Å²) in [5.74, 6) is 0.279. The van der Waals surface area contributed by atoms with E-state index in [1.807, 2.05) is 30.3 Å². The van der Waals surface area contributed by atoms with Crippen LogP contribution in [0.3, 0.4) is 0 Å². The number of nitrogens with one attached hydrogen (secondary N) is 2. The van der Waals surface area contributed by atoms with Gasteiger partial charge in [-0.25, -0.2) is 0 Å². The van der Waals surface area contributed by atoms with Crippen LogP contribution in [0.15, 0.2) is 54.6 Å². The molecule has 2 aromatic carbocycles. The molecule has 21 heavy (non-hydrogen) atoms. The third-order valence-electron chi connectivity index (χ3n) is 2.49. The van der Waals surface area contributed by atoms with Crippen LogP contribution in [-0.4, -0.2) is 17.6 Å². The zero-order valence-electron chi connectivity index (χ0n) is 11.0. The topological polar surface area (TPSA) is 50.4 Å². The van der Waals surface area contributed by atoms with Crippen LogP contribution in [0.25, 0.3) is 0 Å². The van der Waals surface area contributed by atoms with Gasteiger partial charge in [0.25, 0.3) is 5.91 Å². The Hall–Kier alpha value is -2.11. The van der Waals surface area contributed by atoms with Crippen molar-refractivity contribution in [1.82, 2.24) is 5.32 Å². The molecule has 0 atom stereocenters. The van der Waals surface area contributed by atoms with E-state index in [1.54, 1.807) is 24.3 Å². The predicted molar refractivity (Wildman–Crippen MR) is 87.8 cm³/mol. The SMILES string of the molecule is O=C(COc1ccccc1)NC(=S)Nc1ccccc1Cl. The second-order valence-electron chi connectivity index (χ2n) is 4.08. The van der Waals surface area contributed by atoms with Crippen molar-refractivity contribution in [2.75, 3.05) is 11.9 Å². The molecule has 1 amide bonds. The van der Waals surface area contributed by atoms with Crippen LogP contribution >= 0.6 is 23.8 Å². The molecule has 0 spiro atoms. The average Bonchev–Trinajstić information content (AvgIpc) is 2.48. The van der Waals surface area contributed by atoms with Crippen LogP contribution in [-0.2, 0) is 4.79 Å². The number of ether oxygens (including phenoxy) is 1. The number of amides is 1. The molecule has 0 aliphatic heterocycles. The summed E-state index contributed by atoms with van der Waals surface area (Å²) in [4.78, 5) is 11.7. The lowest BCUT2D eigenvalue weighted by atomic mass is 10.3. The molecule has 0 aliphatic carbocycles. The smallest absolute Gasteiger partial charge is 0.264 e. The van der Waals surface area contributed by atoms with E-state index in [0.29, 0.717) is 16.5 Å². The third kappa shape index (κ3) is 5.06. The first-order valence-electron chi connectivity index (χ1n) is 6.18. The summed E-state index contributed by atoms with van der Waals surface area (Å²) in [6, 6.07) is 16.2. The molecule has 0 saturated heterocycles. The molecule has 0 aromatic heterocycles. The standard InChI is InChI=1S/C15H13ClN2O2S/c16-12-8-4-5-9-13(12)17-15(21)18-14(19)10-20-11-6-2-1-3-7-11/h1-9H,10H2,(H2,17,18,19,21). The molecular weight excluding hydrogens is 308 g/mol. The van der Waals surface area contributed by atoms with Crippen molar-refractivity contribution in [1.29, 1.82) is 0 Å². The summed E-state index contributed by atoms with van der Waals surface area (Å²) in [6.45, 7) is -0.117. The fourth-order valence-electron chi connectivity index (χ4n) is 1.54. The fraction of sp³-hybridized carbons (Fsp3) is 0.0667. The van der Waals surface area contributed by atoms with Crippen molar-refractivity contribution >= 4 is 40.5 Å². The van der Waals surface area contributed by atoms with Crippen molar-refractivity contribution in [3.05, 3.63) is 59.6 Å². The Kier molecular flexibility index (Phi) is 5.54. The van der Waals surface area contributed by atoms with E-state index in [2.05, 4.69) is 10.6 Å². The van der Waals surface area contributed by atoms with E-state index in [0.717, 1.165) is 0 Å². The van der Waals surface area contributed by atoms with Gasteiger partial charge in [0.05, 0.1) is 10.7 Å². The van der Waals surface area contributed by atoms with Gasteiger partial charge in [0.15, 0.2) is 11.7 Å². The minimum Gasteiger partial charge on any atom is -0.484 e. The number of thiocarbonyl (C=S) groups is 1. The van der Waals surface area contributed by atoms with Crippen LogP contribution in [0.1, 0.15) is 0 Å². The number of para-hydroxylation sites is 2. The number of carbonyl (C=O) groups is 1. The number of halogens is 1. The predicted octanol–water partition coefficient (Wildman–Crippen LogP) is 3.23. The monoisotopic (exact) mass is 320 g/mol. The number of rotatable bonds is 4. The summed E-state index contributed by atoms with van der Waals surface area (Å²) in [7, 11) is 0. The molecule has 0 heterocycles. The first-order valence-corrected chi connectivity index (χ1v) is 6.97. The van der Waals surface area contributed by atoms with E-state index in [1.165, 1.54) is 0 Å². The lowest BCUT2D eigenvalue weighted by Gasteiger charge is -2.11.